The van der Waals surface area contributed by atoms with Crippen molar-refractivity contribution in [2.24, 2.45) is 0 Å². The second kappa shape index (κ2) is 8.37. The first kappa shape index (κ1) is 14.3. The number of benzene rings is 1. The molecule has 0 unspecified atom stereocenters. The monoisotopic (exact) mass is 301 g/mol. The Morgan fingerprint density at radius 3 is 2.76 bits per heavy atom. The van der Waals surface area contributed by atoms with E-state index in [0.29, 0.717) is 0 Å². The lowest BCUT2D eigenvalue weighted by Gasteiger charge is -2.09. The van der Waals surface area contributed by atoms with Gasteiger partial charge in [-0.15, -0.1) is 0 Å². The van der Waals surface area contributed by atoms with Crippen LogP contribution in [0.1, 0.15) is 19.8 Å². The SMILES string of the molecule is CCCCOCCNc1ccc(OC)c(Br)c1. The van der Waals surface area contributed by atoms with Gasteiger partial charge in [-0.1, -0.05) is 13.3 Å². The standard InChI is InChI=1S/C13H20BrNO2/c1-3-4-8-17-9-7-15-11-5-6-13(16-2)12(14)10-11/h5-6,10,15H,3-4,7-9H2,1-2H3. The molecular weight excluding hydrogens is 282 g/mol. The van der Waals surface area contributed by atoms with E-state index in [-0.39, 0.29) is 0 Å². The molecule has 4 heteroatoms. The number of nitrogens with one attached hydrogen (secondary N) is 1. The molecule has 0 aliphatic rings. The molecule has 1 rings (SSSR count). The first-order valence-electron chi connectivity index (χ1n) is 5.93. The number of methoxy groups -OCH3 is 1. The van der Waals surface area contributed by atoms with Crippen LogP contribution in [0.4, 0.5) is 5.69 Å². The number of ether oxygens (including phenoxy) is 2. The van der Waals surface area contributed by atoms with Crippen LogP contribution in [0.15, 0.2) is 22.7 Å². The van der Waals surface area contributed by atoms with Crippen molar-refractivity contribution >= 4 is 21.6 Å². The number of hydrogen-bond acceptors (Lipinski definition) is 3. The van der Waals surface area contributed by atoms with Crippen LogP contribution in [0, 0.1) is 0 Å². The van der Waals surface area contributed by atoms with E-state index in [1.54, 1.807) is 7.11 Å². The Balaban J connectivity index is 2.25. The molecule has 1 aromatic rings. The lowest BCUT2D eigenvalue weighted by Crippen LogP contribution is -2.09. The Morgan fingerprint density at radius 1 is 1.29 bits per heavy atom. The van der Waals surface area contributed by atoms with Crippen LogP contribution in [0.5, 0.6) is 5.75 Å². The number of anilines is 1. The van der Waals surface area contributed by atoms with Gasteiger partial charge in [0.25, 0.3) is 0 Å². The Morgan fingerprint density at radius 2 is 2.12 bits per heavy atom. The first-order valence-corrected chi connectivity index (χ1v) is 6.72. The molecule has 0 saturated carbocycles. The molecule has 0 aromatic heterocycles. The summed E-state index contributed by atoms with van der Waals surface area (Å²) in [6, 6.07) is 5.94. The fraction of sp³-hybridized carbons (Fsp3) is 0.538. The smallest absolute Gasteiger partial charge is 0.133 e. The third kappa shape index (κ3) is 5.41. The van der Waals surface area contributed by atoms with Crippen molar-refractivity contribution in [3.05, 3.63) is 22.7 Å². The van der Waals surface area contributed by atoms with Crippen molar-refractivity contribution in [1.29, 1.82) is 0 Å². The van der Waals surface area contributed by atoms with Gasteiger partial charge in [0.2, 0.25) is 0 Å². The molecule has 1 aromatic carbocycles. The lowest BCUT2D eigenvalue weighted by atomic mass is 10.3. The molecule has 96 valence electrons. The van der Waals surface area contributed by atoms with Gasteiger partial charge < -0.3 is 14.8 Å². The van der Waals surface area contributed by atoms with Gasteiger partial charge in [0, 0.05) is 18.8 Å². The van der Waals surface area contributed by atoms with E-state index in [9.17, 15) is 0 Å². The molecule has 0 bridgehead atoms. The third-order valence-corrected chi connectivity index (χ3v) is 2.99. The van der Waals surface area contributed by atoms with Gasteiger partial charge in [0.05, 0.1) is 18.2 Å². The number of rotatable bonds is 8. The highest BCUT2D eigenvalue weighted by molar-refractivity contribution is 9.10. The number of halogens is 1. The van der Waals surface area contributed by atoms with Crippen LogP contribution < -0.4 is 10.1 Å². The van der Waals surface area contributed by atoms with Gasteiger partial charge in [-0.05, 0) is 40.5 Å². The van der Waals surface area contributed by atoms with Gasteiger partial charge in [0.1, 0.15) is 5.75 Å². The zero-order chi connectivity index (χ0) is 12.5. The van der Waals surface area contributed by atoms with Gasteiger partial charge >= 0.3 is 0 Å². The molecule has 0 spiro atoms. The van der Waals surface area contributed by atoms with E-state index in [4.69, 9.17) is 9.47 Å². The Labute approximate surface area is 112 Å². The molecule has 0 amide bonds. The second-order valence-corrected chi connectivity index (χ2v) is 4.60. The highest BCUT2D eigenvalue weighted by Gasteiger charge is 2.00. The molecule has 0 radical (unpaired) electrons. The summed E-state index contributed by atoms with van der Waals surface area (Å²) < 4.78 is 11.6. The minimum Gasteiger partial charge on any atom is -0.496 e. The van der Waals surface area contributed by atoms with Crippen molar-refractivity contribution in [3.8, 4) is 5.75 Å². The van der Waals surface area contributed by atoms with Crippen molar-refractivity contribution in [3.63, 3.8) is 0 Å². The third-order valence-electron chi connectivity index (χ3n) is 2.37. The lowest BCUT2D eigenvalue weighted by molar-refractivity contribution is 0.141. The molecular formula is C13H20BrNO2. The quantitative estimate of drug-likeness (QED) is 0.743. The summed E-state index contributed by atoms with van der Waals surface area (Å²) in [7, 11) is 1.66. The summed E-state index contributed by atoms with van der Waals surface area (Å²) in [4.78, 5) is 0. The number of hydrogen-bond donors (Lipinski definition) is 1. The van der Waals surface area contributed by atoms with Crippen LogP contribution in [0.3, 0.4) is 0 Å². The molecule has 0 heterocycles. The molecule has 0 fully saturated rings. The molecule has 0 saturated heterocycles. The van der Waals surface area contributed by atoms with Crippen molar-refractivity contribution < 1.29 is 9.47 Å². The maximum atomic E-state index is 5.47. The number of unbranched alkanes of at least 4 members (excludes halogenated alkanes) is 1. The van der Waals surface area contributed by atoms with Gasteiger partial charge in [-0.2, -0.15) is 0 Å². The van der Waals surface area contributed by atoms with E-state index < -0.39 is 0 Å². The van der Waals surface area contributed by atoms with E-state index in [0.717, 1.165) is 42.1 Å². The minimum absolute atomic E-state index is 0.740. The summed E-state index contributed by atoms with van der Waals surface area (Å²) in [6.45, 7) is 4.58. The largest absolute Gasteiger partial charge is 0.496 e. The molecule has 0 atom stereocenters. The normalized spacial score (nSPS) is 10.3. The van der Waals surface area contributed by atoms with Crippen molar-refractivity contribution in [2.75, 3.05) is 32.2 Å². The van der Waals surface area contributed by atoms with E-state index in [1.165, 1.54) is 6.42 Å². The Hall–Kier alpha value is -0.740. The zero-order valence-electron chi connectivity index (χ0n) is 10.5. The maximum absolute atomic E-state index is 5.47. The van der Waals surface area contributed by atoms with E-state index in [2.05, 4.69) is 28.2 Å². The van der Waals surface area contributed by atoms with Gasteiger partial charge in [-0.25, -0.2) is 0 Å². The predicted octanol–water partition coefficient (Wildman–Crippen LogP) is 3.69. The van der Waals surface area contributed by atoms with E-state index >= 15 is 0 Å². The predicted molar refractivity (Wildman–Crippen MR) is 74.9 cm³/mol. The average Bonchev–Trinajstić information content (AvgIpc) is 2.34. The van der Waals surface area contributed by atoms with Crippen LogP contribution in [-0.4, -0.2) is 26.9 Å². The Kier molecular flexibility index (Phi) is 7.05. The molecule has 17 heavy (non-hydrogen) atoms. The second-order valence-electron chi connectivity index (χ2n) is 3.74. The van der Waals surface area contributed by atoms with Crippen LogP contribution in [-0.2, 0) is 4.74 Å². The average molecular weight is 302 g/mol. The summed E-state index contributed by atoms with van der Waals surface area (Å²) in [5, 5.41) is 3.30. The fourth-order valence-corrected chi connectivity index (χ4v) is 1.93. The summed E-state index contributed by atoms with van der Waals surface area (Å²) in [5.74, 6) is 0.842. The summed E-state index contributed by atoms with van der Waals surface area (Å²) in [5.41, 5.74) is 1.07. The molecule has 3 nitrogen and oxygen atoms in total. The van der Waals surface area contributed by atoms with Crippen LogP contribution >= 0.6 is 15.9 Å². The summed E-state index contributed by atoms with van der Waals surface area (Å²) >= 11 is 3.45. The van der Waals surface area contributed by atoms with Crippen molar-refractivity contribution in [2.45, 2.75) is 19.8 Å². The van der Waals surface area contributed by atoms with Crippen molar-refractivity contribution in [1.82, 2.24) is 0 Å². The molecule has 0 aliphatic carbocycles. The molecule has 1 N–H and O–H groups in total. The minimum atomic E-state index is 0.740. The zero-order valence-corrected chi connectivity index (χ0v) is 12.0. The van der Waals surface area contributed by atoms with Gasteiger partial charge in [0.15, 0.2) is 0 Å². The van der Waals surface area contributed by atoms with Crippen LogP contribution in [0.25, 0.3) is 0 Å². The topological polar surface area (TPSA) is 30.5 Å². The van der Waals surface area contributed by atoms with Crippen LogP contribution in [0.2, 0.25) is 0 Å². The Bertz CT molecular complexity index is 331. The molecule has 0 aliphatic heterocycles. The van der Waals surface area contributed by atoms with Gasteiger partial charge in [-0.3, -0.25) is 0 Å². The highest BCUT2D eigenvalue weighted by Crippen LogP contribution is 2.27. The highest BCUT2D eigenvalue weighted by atomic mass is 79.9. The fourth-order valence-electron chi connectivity index (χ4n) is 1.39. The summed E-state index contributed by atoms with van der Waals surface area (Å²) in [6.07, 6.45) is 2.31. The van der Waals surface area contributed by atoms with E-state index in [1.807, 2.05) is 18.2 Å². The first-order chi connectivity index (χ1) is 8.27. The maximum Gasteiger partial charge on any atom is 0.133 e.